The van der Waals surface area contributed by atoms with Crippen LogP contribution in [0.25, 0.3) is 23.0 Å². The number of amides is 1. The van der Waals surface area contributed by atoms with Gasteiger partial charge in [0.1, 0.15) is 11.6 Å². The molecule has 5 heteroatoms. The summed E-state index contributed by atoms with van der Waals surface area (Å²) in [6.07, 6.45) is 3.44. The maximum atomic E-state index is 12.9. The number of carbonyl (C=O) groups excluding carboxylic acids is 1. The molecule has 0 radical (unpaired) electrons. The van der Waals surface area contributed by atoms with Crippen LogP contribution in [0.5, 0.6) is 0 Å². The smallest absolute Gasteiger partial charge is 0.262 e. The molecule has 4 aromatic rings. The number of hydrogen-bond acceptors (Lipinski definition) is 3. The molecule has 0 saturated heterocycles. The SMILES string of the molecule is Cc1ccc(C(C)NC(=O)C(C#N)=Cc2cn(-c3ccccc3)nc2-c2ccccc2)cc1. The summed E-state index contributed by atoms with van der Waals surface area (Å²) >= 11 is 0. The van der Waals surface area contributed by atoms with Gasteiger partial charge in [-0.1, -0.05) is 78.4 Å². The van der Waals surface area contributed by atoms with E-state index in [1.165, 1.54) is 0 Å². The Morgan fingerprint density at radius 1 is 1.00 bits per heavy atom. The van der Waals surface area contributed by atoms with Crippen molar-refractivity contribution in [1.29, 1.82) is 5.26 Å². The molecule has 3 aromatic carbocycles. The van der Waals surface area contributed by atoms with Crippen molar-refractivity contribution >= 4 is 12.0 Å². The lowest BCUT2D eigenvalue weighted by atomic mass is 10.0. The molecule has 0 aliphatic heterocycles. The van der Waals surface area contributed by atoms with Crippen LogP contribution in [0.3, 0.4) is 0 Å². The van der Waals surface area contributed by atoms with E-state index in [1.807, 2.05) is 105 Å². The van der Waals surface area contributed by atoms with Crippen LogP contribution < -0.4 is 5.32 Å². The normalized spacial score (nSPS) is 12.1. The van der Waals surface area contributed by atoms with Gasteiger partial charge in [-0.2, -0.15) is 10.4 Å². The van der Waals surface area contributed by atoms with Gasteiger partial charge in [-0.05, 0) is 37.6 Å². The van der Waals surface area contributed by atoms with Gasteiger partial charge >= 0.3 is 0 Å². The maximum absolute atomic E-state index is 12.9. The number of rotatable bonds is 6. The van der Waals surface area contributed by atoms with Crippen LogP contribution in [0.4, 0.5) is 0 Å². The molecule has 4 rings (SSSR count). The van der Waals surface area contributed by atoms with Gasteiger partial charge in [-0.15, -0.1) is 0 Å². The van der Waals surface area contributed by atoms with E-state index < -0.39 is 5.91 Å². The number of nitrogens with one attached hydrogen (secondary N) is 1. The standard InChI is InChI=1S/C28H24N4O/c1-20-13-15-22(16-14-20)21(2)30-28(33)24(18-29)17-25-19-32(26-11-7-4-8-12-26)31-27(25)23-9-5-3-6-10-23/h3-17,19,21H,1-2H3,(H,30,33). The molecule has 0 saturated carbocycles. The topological polar surface area (TPSA) is 70.7 Å². The summed E-state index contributed by atoms with van der Waals surface area (Å²) in [5, 5.41) is 17.4. The quantitative estimate of drug-likeness (QED) is 0.317. The summed E-state index contributed by atoms with van der Waals surface area (Å²) in [4.78, 5) is 12.9. The Bertz CT molecular complexity index is 1310. The van der Waals surface area contributed by atoms with Crippen molar-refractivity contribution in [3.05, 3.63) is 113 Å². The summed E-state index contributed by atoms with van der Waals surface area (Å²) in [6.45, 7) is 3.92. The van der Waals surface area contributed by atoms with Crippen molar-refractivity contribution in [1.82, 2.24) is 15.1 Å². The fourth-order valence-corrected chi connectivity index (χ4v) is 3.54. The first kappa shape index (κ1) is 21.8. The number of carbonyl (C=O) groups is 1. The molecule has 1 heterocycles. The Labute approximate surface area is 193 Å². The summed E-state index contributed by atoms with van der Waals surface area (Å²) < 4.78 is 1.76. The van der Waals surface area contributed by atoms with Crippen molar-refractivity contribution in [2.75, 3.05) is 0 Å². The number of aromatic nitrogens is 2. The molecule has 5 nitrogen and oxygen atoms in total. The number of nitrogens with zero attached hydrogens (tertiary/aromatic N) is 3. The lowest BCUT2D eigenvalue weighted by Gasteiger charge is -2.14. The monoisotopic (exact) mass is 432 g/mol. The van der Waals surface area contributed by atoms with Crippen LogP contribution in [-0.2, 0) is 4.79 Å². The highest BCUT2D eigenvalue weighted by Gasteiger charge is 2.17. The van der Waals surface area contributed by atoms with Gasteiger partial charge < -0.3 is 5.32 Å². The van der Waals surface area contributed by atoms with Gasteiger partial charge in [-0.3, -0.25) is 4.79 Å². The summed E-state index contributed by atoms with van der Waals surface area (Å²) in [6, 6.07) is 29.3. The van der Waals surface area contributed by atoms with Gasteiger partial charge in [0.2, 0.25) is 0 Å². The molecule has 33 heavy (non-hydrogen) atoms. The lowest BCUT2D eigenvalue weighted by Crippen LogP contribution is -2.27. The molecule has 0 spiro atoms. The van der Waals surface area contributed by atoms with Crippen molar-refractivity contribution in [3.63, 3.8) is 0 Å². The Kier molecular flexibility index (Phi) is 6.47. The predicted octanol–water partition coefficient (Wildman–Crippen LogP) is 5.63. The Morgan fingerprint density at radius 2 is 1.64 bits per heavy atom. The van der Waals surface area contributed by atoms with Crippen molar-refractivity contribution in [2.45, 2.75) is 19.9 Å². The first-order chi connectivity index (χ1) is 16.0. The summed E-state index contributed by atoms with van der Waals surface area (Å²) in [7, 11) is 0. The van der Waals surface area contributed by atoms with E-state index >= 15 is 0 Å². The minimum atomic E-state index is -0.419. The molecular weight excluding hydrogens is 408 g/mol. The van der Waals surface area contributed by atoms with Crippen LogP contribution in [0, 0.1) is 18.3 Å². The molecule has 0 aliphatic carbocycles. The van der Waals surface area contributed by atoms with Crippen LogP contribution in [0.1, 0.15) is 29.7 Å². The molecule has 1 unspecified atom stereocenters. The van der Waals surface area contributed by atoms with Crippen LogP contribution in [0.15, 0.2) is 96.7 Å². The Hall–Kier alpha value is -4.43. The zero-order valence-corrected chi connectivity index (χ0v) is 18.6. The van der Waals surface area contributed by atoms with Crippen molar-refractivity contribution in [3.8, 4) is 23.0 Å². The van der Waals surface area contributed by atoms with E-state index in [0.29, 0.717) is 11.3 Å². The van der Waals surface area contributed by atoms with Gasteiger partial charge in [0.05, 0.1) is 17.4 Å². The average Bonchev–Trinajstić information content (AvgIpc) is 3.28. The van der Waals surface area contributed by atoms with Gasteiger partial charge in [0.25, 0.3) is 5.91 Å². The molecule has 1 aromatic heterocycles. The van der Waals surface area contributed by atoms with E-state index in [2.05, 4.69) is 11.4 Å². The second kappa shape index (κ2) is 9.80. The average molecular weight is 433 g/mol. The third kappa shape index (κ3) is 5.08. The van der Waals surface area contributed by atoms with E-state index in [9.17, 15) is 10.1 Å². The zero-order chi connectivity index (χ0) is 23.2. The molecule has 0 fully saturated rings. The third-order valence-corrected chi connectivity index (χ3v) is 5.40. The van der Waals surface area contributed by atoms with Crippen LogP contribution in [-0.4, -0.2) is 15.7 Å². The highest BCUT2D eigenvalue weighted by Crippen LogP contribution is 2.26. The first-order valence-electron chi connectivity index (χ1n) is 10.7. The molecule has 1 amide bonds. The second-order valence-corrected chi connectivity index (χ2v) is 7.85. The second-order valence-electron chi connectivity index (χ2n) is 7.85. The van der Waals surface area contributed by atoms with Crippen LogP contribution >= 0.6 is 0 Å². The fourth-order valence-electron chi connectivity index (χ4n) is 3.54. The van der Waals surface area contributed by atoms with Gasteiger partial charge in [-0.25, -0.2) is 4.68 Å². The number of hydrogen-bond donors (Lipinski definition) is 1. The largest absolute Gasteiger partial charge is 0.345 e. The molecule has 1 atom stereocenters. The summed E-state index contributed by atoms with van der Waals surface area (Å²) in [5.74, 6) is -0.419. The minimum Gasteiger partial charge on any atom is -0.345 e. The Balaban J connectivity index is 1.68. The molecular formula is C28H24N4O. The van der Waals surface area contributed by atoms with E-state index in [0.717, 1.165) is 22.4 Å². The molecule has 162 valence electrons. The van der Waals surface area contributed by atoms with Gasteiger partial charge in [0.15, 0.2) is 0 Å². The minimum absolute atomic E-state index is 0.0266. The zero-order valence-electron chi connectivity index (χ0n) is 18.6. The Morgan fingerprint density at radius 3 is 2.27 bits per heavy atom. The molecule has 0 aliphatic rings. The van der Waals surface area contributed by atoms with E-state index in [4.69, 9.17) is 5.10 Å². The highest BCUT2D eigenvalue weighted by atomic mass is 16.1. The van der Waals surface area contributed by atoms with Crippen molar-refractivity contribution in [2.24, 2.45) is 0 Å². The molecule has 1 N–H and O–H groups in total. The van der Waals surface area contributed by atoms with E-state index in [1.54, 1.807) is 10.8 Å². The maximum Gasteiger partial charge on any atom is 0.262 e. The number of para-hydroxylation sites is 1. The number of nitriles is 1. The lowest BCUT2D eigenvalue weighted by molar-refractivity contribution is -0.117. The highest BCUT2D eigenvalue weighted by molar-refractivity contribution is 6.02. The molecule has 0 bridgehead atoms. The predicted molar refractivity (Wildman–Crippen MR) is 130 cm³/mol. The van der Waals surface area contributed by atoms with Crippen molar-refractivity contribution < 1.29 is 4.79 Å². The summed E-state index contributed by atoms with van der Waals surface area (Å²) in [5.41, 5.74) is 5.35. The number of benzene rings is 3. The third-order valence-electron chi connectivity index (χ3n) is 5.40. The van der Waals surface area contributed by atoms with Crippen LogP contribution in [0.2, 0.25) is 0 Å². The van der Waals surface area contributed by atoms with E-state index in [-0.39, 0.29) is 11.6 Å². The van der Waals surface area contributed by atoms with Gasteiger partial charge in [0, 0.05) is 17.3 Å². The fraction of sp³-hybridized carbons (Fsp3) is 0.107. The first-order valence-corrected chi connectivity index (χ1v) is 10.7. The number of aryl methyl sites for hydroxylation is 1.